The van der Waals surface area contributed by atoms with Gasteiger partial charge >= 0.3 is 0 Å². The first kappa shape index (κ1) is 20.1. The summed E-state index contributed by atoms with van der Waals surface area (Å²) in [5.41, 5.74) is 5.00. The zero-order valence-electron chi connectivity index (χ0n) is 17.2. The van der Waals surface area contributed by atoms with Crippen LogP contribution in [0, 0.1) is 0 Å². The van der Waals surface area contributed by atoms with Gasteiger partial charge in [0.2, 0.25) is 0 Å². The van der Waals surface area contributed by atoms with Crippen molar-refractivity contribution in [2.75, 3.05) is 0 Å². The third kappa shape index (κ3) is 3.47. The van der Waals surface area contributed by atoms with Gasteiger partial charge in [-0.05, 0) is 35.6 Å². The van der Waals surface area contributed by atoms with Crippen LogP contribution in [0.3, 0.4) is 0 Å². The van der Waals surface area contributed by atoms with E-state index in [0.717, 1.165) is 22.3 Å². The summed E-state index contributed by atoms with van der Waals surface area (Å²) in [5, 5.41) is 2.75. The normalized spacial score (nSPS) is 11.6. The van der Waals surface area contributed by atoms with Crippen LogP contribution in [0.4, 0.5) is 0 Å². The van der Waals surface area contributed by atoms with E-state index in [1.807, 2.05) is 67.6 Å². The molecule has 4 aromatic rings. The maximum Gasteiger partial charge on any atom is 0.171 e. The monoisotopic (exact) mass is 408 g/mol. The van der Waals surface area contributed by atoms with Crippen LogP contribution in [-0.4, -0.2) is 0 Å². The van der Waals surface area contributed by atoms with Crippen LogP contribution in [0.15, 0.2) is 116 Å². The molecule has 1 aliphatic carbocycles. The molecule has 30 heavy (non-hydrogen) atoms. The standard InChI is InChI=1S/C25H19OP.C3H6/c26-27(20-11-3-1-4-12-20,21-13-5-2-6-14-21)25-17-9-16-23-22-15-8-7-10-19(22)18-24(23)25;1-3-2/h1-17H,18H2;3H,1H2,2H3. The predicted octanol–water partition coefficient (Wildman–Crippen LogP) is 6.09. The van der Waals surface area contributed by atoms with Crippen molar-refractivity contribution in [1.29, 1.82) is 0 Å². The van der Waals surface area contributed by atoms with Crippen molar-refractivity contribution >= 4 is 23.1 Å². The van der Waals surface area contributed by atoms with Crippen molar-refractivity contribution in [2.24, 2.45) is 0 Å². The van der Waals surface area contributed by atoms with Crippen LogP contribution in [0.5, 0.6) is 0 Å². The molecule has 0 N–H and O–H groups in total. The minimum atomic E-state index is -2.95. The van der Waals surface area contributed by atoms with E-state index in [-0.39, 0.29) is 0 Å². The molecule has 0 unspecified atom stereocenters. The molecule has 0 fully saturated rings. The summed E-state index contributed by atoms with van der Waals surface area (Å²) in [6.07, 6.45) is 2.59. The first-order valence-corrected chi connectivity index (χ1v) is 11.9. The Morgan fingerprint density at radius 1 is 0.700 bits per heavy atom. The van der Waals surface area contributed by atoms with Crippen LogP contribution >= 0.6 is 7.14 Å². The lowest BCUT2D eigenvalue weighted by Gasteiger charge is -2.22. The molecule has 0 saturated heterocycles. The van der Waals surface area contributed by atoms with Crippen LogP contribution in [0.25, 0.3) is 11.1 Å². The van der Waals surface area contributed by atoms with Gasteiger partial charge in [-0.2, -0.15) is 0 Å². The van der Waals surface area contributed by atoms with Crippen LogP contribution in [-0.2, 0) is 11.0 Å². The molecule has 5 rings (SSSR count). The van der Waals surface area contributed by atoms with Gasteiger partial charge in [0.1, 0.15) is 0 Å². The van der Waals surface area contributed by atoms with E-state index in [1.165, 1.54) is 22.3 Å². The molecule has 0 spiro atoms. The fourth-order valence-corrected chi connectivity index (χ4v) is 7.05. The van der Waals surface area contributed by atoms with E-state index in [4.69, 9.17) is 0 Å². The average Bonchev–Trinajstić information content (AvgIpc) is 3.19. The van der Waals surface area contributed by atoms with Crippen LogP contribution in [0.1, 0.15) is 18.1 Å². The third-order valence-corrected chi connectivity index (χ3v) is 8.55. The summed E-state index contributed by atoms with van der Waals surface area (Å²) in [6, 6.07) is 34.6. The van der Waals surface area contributed by atoms with Gasteiger partial charge in [-0.25, -0.2) is 0 Å². The van der Waals surface area contributed by atoms with Gasteiger partial charge in [-0.1, -0.05) is 109 Å². The lowest BCUT2D eigenvalue weighted by Crippen LogP contribution is -2.27. The number of fused-ring (bicyclic) bond motifs is 3. The Morgan fingerprint density at radius 2 is 1.20 bits per heavy atom. The second-order valence-corrected chi connectivity index (χ2v) is 10.1. The number of allylic oxidation sites excluding steroid dienone is 1. The Kier molecular flexibility index (Phi) is 5.84. The summed E-state index contributed by atoms with van der Waals surface area (Å²) in [7, 11) is -2.95. The Morgan fingerprint density at radius 3 is 1.80 bits per heavy atom. The van der Waals surface area contributed by atoms with Crippen molar-refractivity contribution in [3.05, 3.63) is 127 Å². The van der Waals surface area contributed by atoms with Crippen molar-refractivity contribution in [1.82, 2.24) is 0 Å². The molecule has 0 heterocycles. The van der Waals surface area contributed by atoms with Gasteiger partial charge in [0.15, 0.2) is 7.14 Å². The Labute approximate surface area is 179 Å². The Hall–Kier alpha value is -3.15. The molecule has 0 amide bonds. The molecular weight excluding hydrogens is 383 g/mol. The summed E-state index contributed by atoms with van der Waals surface area (Å²) >= 11 is 0. The van der Waals surface area contributed by atoms with Gasteiger partial charge in [0.05, 0.1) is 0 Å². The second kappa shape index (κ2) is 8.69. The van der Waals surface area contributed by atoms with Gasteiger partial charge in [-0.3, -0.25) is 0 Å². The van der Waals surface area contributed by atoms with Crippen molar-refractivity contribution in [2.45, 2.75) is 13.3 Å². The molecule has 0 aromatic heterocycles. The van der Waals surface area contributed by atoms with Crippen molar-refractivity contribution < 1.29 is 4.57 Å². The zero-order valence-corrected chi connectivity index (χ0v) is 18.1. The summed E-state index contributed by atoms with van der Waals surface area (Å²) in [5.74, 6) is 0. The van der Waals surface area contributed by atoms with Gasteiger partial charge < -0.3 is 4.57 Å². The zero-order chi connectivity index (χ0) is 21.0. The molecule has 0 radical (unpaired) electrons. The highest BCUT2D eigenvalue weighted by molar-refractivity contribution is 7.85. The van der Waals surface area contributed by atoms with E-state index in [9.17, 15) is 4.57 Å². The van der Waals surface area contributed by atoms with Crippen molar-refractivity contribution in [3.8, 4) is 11.1 Å². The fourth-order valence-electron chi connectivity index (χ4n) is 4.14. The van der Waals surface area contributed by atoms with Crippen molar-refractivity contribution in [3.63, 3.8) is 0 Å². The lowest BCUT2D eigenvalue weighted by atomic mass is 10.1. The third-order valence-electron chi connectivity index (χ3n) is 5.40. The summed E-state index contributed by atoms with van der Waals surface area (Å²) < 4.78 is 14.7. The molecule has 2 heteroatoms. The van der Waals surface area contributed by atoms with Gasteiger partial charge in [0.25, 0.3) is 0 Å². The number of hydrogen-bond donors (Lipinski definition) is 0. The molecule has 148 valence electrons. The Bertz CT molecular complexity index is 1170. The highest BCUT2D eigenvalue weighted by Crippen LogP contribution is 2.47. The maximum atomic E-state index is 14.7. The van der Waals surface area contributed by atoms with E-state index in [2.05, 4.69) is 49.0 Å². The highest BCUT2D eigenvalue weighted by atomic mass is 31.2. The number of hydrogen-bond acceptors (Lipinski definition) is 1. The number of benzene rings is 4. The fraction of sp³-hybridized carbons (Fsp3) is 0.0714. The van der Waals surface area contributed by atoms with E-state index in [1.54, 1.807) is 6.08 Å². The number of rotatable bonds is 3. The average molecular weight is 408 g/mol. The Balaban J connectivity index is 0.000000687. The van der Waals surface area contributed by atoms with Crippen LogP contribution in [0.2, 0.25) is 0 Å². The first-order chi connectivity index (χ1) is 14.7. The van der Waals surface area contributed by atoms with Crippen LogP contribution < -0.4 is 15.9 Å². The quantitative estimate of drug-likeness (QED) is 0.261. The largest absolute Gasteiger partial charge is 0.309 e. The topological polar surface area (TPSA) is 17.1 Å². The highest BCUT2D eigenvalue weighted by Gasteiger charge is 2.34. The first-order valence-electron chi connectivity index (χ1n) is 10.2. The summed E-state index contributed by atoms with van der Waals surface area (Å²) in [6.45, 7) is 5.25. The molecular formula is C28H25OP. The summed E-state index contributed by atoms with van der Waals surface area (Å²) in [4.78, 5) is 0. The second-order valence-electron chi connectivity index (χ2n) is 7.33. The van der Waals surface area contributed by atoms with E-state index >= 15 is 0 Å². The molecule has 4 aromatic carbocycles. The molecule has 0 aliphatic heterocycles. The maximum absolute atomic E-state index is 14.7. The van der Waals surface area contributed by atoms with Gasteiger partial charge in [0, 0.05) is 15.9 Å². The smallest absolute Gasteiger partial charge is 0.171 e. The predicted molar refractivity (Wildman–Crippen MR) is 130 cm³/mol. The molecule has 0 bridgehead atoms. The molecule has 1 aliphatic rings. The van der Waals surface area contributed by atoms with E-state index < -0.39 is 7.14 Å². The van der Waals surface area contributed by atoms with Gasteiger partial charge in [-0.15, -0.1) is 6.58 Å². The minimum Gasteiger partial charge on any atom is -0.309 e. The molecule has 0 saturated carbocycles. The lowest BCUT2D eigenvalue weighted by molar-refractivity contribution is 0.592. The molecule has 1 nitrogen and oxygen atoms in total. The minimum absolute atomic E-state index is 0.839. The SMILES string of the molecule is C=CC.O=P(c1ccccc1)(c1ccccc1)c1cccc2c1Cc1ccccc1-2. The van der Waals surface area contributed by atoms with E-state index in [0.29, 0.717) is 0 Å². The molecule has 0 atom stereocenters.